The molecule has 1 amide bonds. The van der Waals surface area contributed by atoms with Gasteiger partial charge in [0.2, 0.25) is 0 Å². The lowest BCUT2D eigenvalue weighted by Gasteiger charge is -2.09. The van der Waals surface area contributed by atoms with Crippen molar-refractivity contribution >= 4 is 16.8 Å². The van der Waals surface area contributed by atoms with E-state index < -0.39 is 0 Å². The van der Waals surface area contributed by atoms with Crippen LogP contribution in [0.3, 0.4) is 0 Å². The first-order valence-corrected chi connectivity index (χ1v) is 7.50. The minimum atomic E-state index is -0.169. The van der Waals surface area contributed by atoms with Crippen LogP contribution in [0, 0.1) is 0 Å². The number of pyridine rings is 2. The first-order chi connectivity index (χ1) is 11.3. The molecular weight excluding hydrogens is 290 g/mol. The second kappa shape index (κ2) is 7.35. The summed E-state index contributed by atoms with van der Waals surface area (Å²) in [5, 5.41) is 3.87. The molecule has 3 rings (SSSR count). The van der Waals surface area contributed by atoms with Gasteiger partial charge in [0.25, 0.3) is 5.91 Å². The number of amides is 1. The highest BCUT2D eigenvalue weighted by Gasteiger charge is 2.05. The third-order valence-electron chi connectivity index (χ3n) is 3.36. The van der Waals surface area contributed by atoms with Gasteiger partial charge in [0.15, 0.2) is 0 Å². The SMILES string of the molecule is O=C(NCCCOc1cccc2cccnc12)c1ccccn1. The standard InChI is InChI=1S/C18H17N3O2/c22-18(15-8-1-2-10-19-15)21-12-5-13-23-16-9-3-6-14-7-4-11-20-17(14)16/h1-4,6-11H,5,12-13H2,(H,21,22). The summed E-state index contributed by atoms with van der Waals surface area (Å²) in [6.07, 6.45) is 4.07. The summed E-state index contributed by atoms with van der Waals surface area (Å²) in [6, 6.07) is 15.0. The zero-order valence-corrected chi connectivity index (χ0v) is 12.6. The summed E-state index contributed by atoms with van der Waals surface area (Å²) in [5.74, 6) is 0.594. The first kappa shape index (κ1) is 15.0. The van der Waals surface area contributed by atoms with Gasteiger partial charge in [-0.3, -0.25) is 14.8 Å². The first-order valence-electron chi connectivity index (χ1n) is 7.50. The summed E-state index contributed by atoms with van der Waals surface area (Å²) in [7, 11) is 0. The van der Waals surface area contributed by atoms with E-state index in [2.05, 4.69) is 15.3 Å². The fraction of sp³-hybridized carbons (Fsp3) is 0.167. The maximum atomic E-state index is 11.8. The van der Waals surface area contributed by atoms with Crippen LogP contribution in [0.25, 0.3) is 10.9 Å². The van der Waals surface area contributed by atoms with Crippen molar-refractivity contribution in [2.45, 2.75) is 6.42 Å². The van der Waals surface area contributed by atoms with Crippen LogP contribution in [0.15, 0.2) is 60.9 Å². The molecule has 0 radical (unpaired) electrons. The predicted molar refractivity (Wildman–Crippen MR) is 88.4 cm³/mol. The lowest BCUT2D eigenvalue weighted by Crippen LogP contribution is -2.26. The summed E-state index contributed by atoms with van der Waals surface area (Å²) in [4.78, 5) is 20.2. The number of aromatic nitrogens is 2. The van der Waals surface area contributed by atoms with Crippen LogP contribution in [-0.4, -0.2) is 29.0 Å². The van der Waals surface area contributed by atoms with Gasteiger partial charge in [-0.25, -0.2) is 0 Å². The molecule has 116 valence electrons. The lowest BCUT2D eigenvalue weighted by atomic mass is 10.2. The van der Waals surface area contributed by atoms with E-state index in [0.717, 1.165) is 16.7 Å². The van der Waals surface area contributed by atoms with E-state index in [9.17, 15) is 4.79 Å². The second-order valence-corrected chi connectivity index (χ2v) is 5.00. The number of carbonyl (C=O) groups is 1. The summed E-state index contributed by atoms with van der Waals surface area (Å²) in [5.41, 5.74) is 1.28. The average molecular weight is 307 g/mol. The Bertz CT molecular complexity index is 785. The van der Waals surface area contributed by atoms with Gasteiger partial charge >= 0.3 is 0 Å². The van der Waals surface area contributed by atoms with Crippen LogP contribution < -0.4 is 10.1 Å². The Labute approximate surface area is 134 Å². The summed E-state index contributed by atoms with van der Waals surface area (Å²) >= 11 is 0. The molecule has 23 heavy (non-hydrogen) atoms. The Morgan fingerprint density at radius 3 is 2.74 bits per heavy atom. The number of nitrogens with zero attached hydrogens (tertiary/aromatic N) is 2. The number of hydrogen-bond donors (Lipinski definition) is 1. The van der Waals surface area contributed by atoms with E-state index in [0.29, 0.717) is 25.3 Å². The third kappa shape index (κ3) is 3.83. The molecule has 0 aliphatic heterocycles. The average Bonchev–Trinajstić information content (AvgIpc) is 2.62. The quantitative estimate of drug-likeness (QED) is 0.711. The molecular formula is C18H17N3O2. The minimum Gasteiger partial charge on any atom is -0.491 e. The van der Waals surface area contributed by atoms with Crippen LogP contribution in [0.5, 0.6) is 5.75 Å². The lowest BCUT2D eigenvalue weighted by molar-refractivity contribution is 0.0946. The van der Waals surface area contributed by atoms with Gasteiger partial charge in [0.05, 0.1) is 6.61 Å². The van der Waals surface area contributed by atoms with Crippen LogP contribution in [0.1, 0.15) is 16.9 Å². The van der Waals surface area contributed by atoms with Gasteiger partial charge in [-0.2, -0.15) is 0 Å². The van der Waals surface area contributed by atoms with E-state index in [1.807, 2.05) is 30.3 Å². The number of ether oxygens (including phenoxy) is 1. The molecule has 1 aromatic carbocycles. The topological polar surface area (TPSA) is 64.1 Å². The molecule has 1 N–H and O–H groups in total. The zero-order chi connectivity index (χ0) is 15.9. The largest absolute Gasteiger partial charge is 0.491 e. The molecule has 0 aliphatic rings. The van der Waals surface area contributed by atoms with Crippen LogP contribution >= 0.6 is 0 Å². The maximum absolute atomic E-state index is 11.8. The molecule has 5 nitrogen and oxygen atoms in total. The zero-order valence-electron chi connectivity index (χ0n) is 12.6. The monoisotopic (exact) mass is 307 g/mol. The fourth-order valence-electron chi connectivity index (χ4n) is 2.24. The molecule has 3 aromatic rings. The number of rotatable bonds is 6. The second-order valence-electron chi connectivity index (χ2n) is 5.00. The van der Waals surface area contributed by atoms with Crippen molar-refractivity contribution in [3.63, 3.8) is 0 Å². The number of carbonyl (C=O) groups excluding carboxylic acids is 1. The number of hydrogen-bond acceptors (Lipinski definition) is 4. The highest BCUT2D eigenvalue weighted by Crippen LogP contribution is 2.22. The Balaban J connectivity index is 1.47. The van der Waals surface area contributed by atoms with E-state index in [1.165, 1.54) is 0 Å². The van der Waals surface area contributed by atoms with Gasteiger partial charge in [-0.1, -0.05) is 24.3 Å². The Hall–Kier alpha value is -2.95. The molecule has 2 aromatic heterocycles. The normalized spacial score (nSPS) is 10.4. The molecule has 0 saturated carbocycles. The maximum Gasteiger partial charge on any atom is 0.269 e. The summed E-state index contributed by atoms with van der Waals surface area (Å²) < 4.78 is 5.78. The van der Waals surface area contributed by atoms with Crippen molar-refractivity contribution in [1.29, 1.82) is 0 Å². The molecule has 0 bridgehead atoms. The van der Waals surface area contributed by atoms with Crippen molar-refractivity contribution in [3.05, 3.63) is 66.6 Å². The summed E-state index contributed by atoms with van der Waals surface area (Å²) in [6.45, 7) is 1.05. The molecule has 0 aliphatic carbocycles. The van der Waals surface area contributed by atoms with Crippen molar-refractivity contribution in [3.8, 4) is 5.75 Å². The van der Waals surface area contributed by atoms with Gasteiger partial charge < -0.3 is 10.1 Å². The molecule has 0 saturated heterocycles. The number of fused-ring (bicyclic) bond motifs is 1. The van der Waals surface area contributed by atoms with Crippen molar-refractivity contribution in [2.24, 2.45) is 0 Å². The van der Waals surface area contributed by atoms with Gasteiger partial charge in [-0.05, 0) is 30.7 Å². The number of nitrogens with one attached hydrogen (secondary N) is 1. The van der Waals surface area contributed by atoms with Crippen molar-refractivity contribution in [1.82, 2.24) is 15.3 Å². The van der Waals surface area contributed by atoms with Gasteiger partial charge in [0, 0.05) is 24.3 Å². The van der Waals surface area contributed by atoms with E-state index >= 15 is 0 Å². The predicted octanol–water partition coefficient (Wildman–Crippen LogP) is 2.83. The Morgan fingerprint density at radius 1 is 1.00 bits per heavy atom. The molecule has 0 unspecified atom stereocenters. The minimum absolute atomic E-state index is 0.169. The third-order valence-corrected chi connectivity index (χ3v) is 3.36. The molecule has 0 atom stereocenters. The van der Waals surface area contributed by atoms with Crippen LogP contribution in [0.4, 0.5) is 0 Å². The smallest absolute Gasteiger partial charge is 0.269 e. The molecule has 0 spiro atoms. The van der Waals surface area contributed by atoms with Gasteiger partial charge in [-0.15, -0.1) is 0 Å². The number of benzene rings is 1. The molecule has 0 fully saturated rings. The Kier molecular flexibility index (Phi) is 4.79. The fourth-order valence-corrected chi connectivity index (χ4v) is 2.24. The van der Waals surface area contributed by atoms with Crippen molar-refractivity contribution in [2.75, 3.05) is 13.2 Å². The highest BCUT2D eigenvalue weighted by molar-refractivity contribution is 5.92. The Morgan fingerprint density at radius 2 is 1.87 bits per heavy atom. The highest BCUT2D eigenvalue weighted by atomic mass is 16.5. The van der Waals surface area contributed by atoms with E-state index in [1.54, 1.807) is 30.6 Å². The van der Waals surface area contributed by atoms with Crippen LogP contribution in [0.2, 0.25) is 0 Å². The van der Waals surface area contributed by atoms with E-state index in [4.69, 9.17) is 4.74 Å². The number of para-hydroxylation sites is 1. The molecule has 2 heterocycles. The molecule has 5 heteroatoms. The van der Waals surface area contributed by atoms with Gasteiger partial charge in [0.1, 0.15) is 17.0 Å². The van der Waals surface area contributed by atoms with Crippen LogP contribution in [-0.2, 0) is 0 Å². The van der Waals surface area contributed by atoms with E-state index in [-0.39, 0.29) is 5.91 Å². The van der Waals surface area contributed by atoms with Crippen molar-refractivity contribution < 1.29 is 9.53 Å².